The standard InChI is InChI=1S/C10H18O/c1-8(2)10-5-3-4-9(10)6-11-7-10/h8-9H,3-7H2,1-2H3. The van der Waals surface area contributed by atoms with E-state index in [0.717, 1.165) is 25.0 Å². The van der Waals surface area contributed by atoms with E-state index in [4.69, 9.17) is 4.74 Å². The van der Waals surface area contributed by atoms with Crippen molar-refractivity contribution in [2.24, 2.45) is 17.3 Å². The van der Waals surface area contributed by atoms with E-state index >= 15 is 0 Å². The predicted molar refractivity (Wildman–Crippen MR) is 45.4 cm³/mol. The highest BCUT2D eigenvalue weighted by Crippen LogP contribution is 2.52. The Kier molecular flexibility index (Phi) is 1.71. The maximum atomic E-state index is 5.58. The molecule has 0 N–H and O–H groups in total. The first-order valence-electron chi connectivity index (χ1n) is 4.83. The van der Waals surface area contributed by atoms with Gasteiger partial charge in [0.05, 0.1) is 13.2 Å². The van der Waals surface area contributed by atoms with E-state index in [1.165, 1.54) is 19.3 Å². The summed E-state index contributed by atoms with van der Waals surface area (Å²) in [6.07, 6.45) is 4.26. The molecule has 0 aromatic carbocycles. The molecule has 64 valence electrons. The molecule has 1 heterocycles. The van der Waals surface area contributed by atoms with Crippen molar-refractivity contribution >= 4 is 0 Å². The summed E-state index contributed by atoms with van der Waals surface area (Å²) in [5.74, 6) is 1.71. The molecule has 1 heteroatoms. The third-order valence-corrected chi connectivity index (χ3v) is 3.85. The fraction of sp³-hybridized carbons (Fsp3) is 1.00. The van der Waals surface area contributed by atoms with Crippen molar-refractivity contribution in [2.75, 3.05) is 13.2 Å². The molecule has 0 spiro atoms. The number of fused-ring (bicyclic) bond motifs is 1. The number of hydrogen-bond donors (Lipinski definition) is 0. The smallest absolute Gasteiger partial charge is 0.0528 e. The van der Waals surface area contributed by atoms with Crippen molar-refractivity contribution in [3.05, 3.63) is 0 Å². The summed E-state index contributed by atoms with van der Waals surface area (Å²) in [6.45, 7) is 6.79. The average Bonchev–Trinajstić information content (AvgIpc) is 2.40. The van der Waals surface area contributed by atoms with Crippen molar-refractivity contribution in [1.29, 1.82) is 0 Å². The first-order chi connectivity index (χ1) is 5.26. The van der Waals surface area contributed by atoms with Gasteiger partial charge in [-0.15, -0.1) is 0 Å². The molecule has 0 aromatic rings. The molecule has 1 nitrogen and oxygen atoms in total. The Morgan fingerprint density at radius 3 is 2.91 bits per heavy atom. The Morgan fingerprint density at radius 1 is 1.45 bits per heavy atom. The Bertz CT molecular complexity index is 141. The maximum Gasteiger partial charge on any atom is 0.0528 e. The molecule has 0 amide bonds. The highest BCUT2D eigenvalue weighted by molar-refractivity contribution is 4.97. The van der Waals surface area contributed by atoms with Crippen LogP contribution < -0.4 is 0 Å². The summed E-state index contributed by atoms with van der Waals surface area (Å²) in [5, 5.41) is 0. The van der Waals surface area contributed by atoms with Crippen molar-refractivity contribution in [1.82, 2.24) is 0 Å². The molecule has 0 aromatic heterocycles. The van der Waals surface area contributed by atoms with Crippen LogP contribution in [0.5, 0.6) is 0 Å². The van der Waals surface area contributed by atoms with Crippen LogP contribution in [0.1, 0.15) is 33.1 Å². The van der Waals surface area contributed by atoms with Crippen LogP contribution in [0, 0.1) is 17.3 Å². The zero-order chi connectivity index (χ0) is 7.90. The van der Waals surface area contributed by atoms with Crippen molar-refractivity contribution < 1.29 is 4.74 Å². The molecule has 1 saturated carbocycles. The Labute approximate surface area is 69.1 Å². The normalized spacial score (nSPS) is 43.4. The minimum Gasteiger partial charge on any atom is -0.381 e. The second kappa shape index (κ2) is 2.48. The first kappa shape index (κ1) is 7.60. The van der Waals surface area contributed by atoms with Crippen LogP contribution >= 0.6 is 0 Å². The summed E-state index contributed by atoms with van der Waals surface area (Å²) in [6, 6.07) is 0. The number of hydrogen-bond acceptors (Lipinski definition) is 1. The van der Waals surface area contributed by atoms with Crippen LogP contribution in [0.25, 0.3) is 0 Å². The molecule has 2 fully saturated rings. The van der Waals surface area contributed by atoms with Gasteiger partial charge in [0.2, 0.25) is 0 Å². The number of ether oxygens (including phenoxy) is 1. The van der Waals surface area contributed by atoms with Gasteiger partial charge in [0.15, 0.2) is 0 Å². The average molecular weight is 154 g/mol. The molecule has 0 bridgehead atoms. The summed E-state index contributed by atoms with van der Waals surface area (Å²) in [5.41, 5.74) is 0.583. The Hall–Kier alpha value is -0.0400. The van der Waals surface area contributed by atoms with Crippen LogP contribution in [0.3, 0.4) is 0 Å². The number of rotatable bonds is 1. The van der Waals surface area contributed by atoms with Gasteiger partial charge < -0.3 is 4.74 Å². The van der Waals surface area contributed by atoms with E-state index in [9.17, 15) is 0 Å². The molecule has 1 aliphatic heterocycles. The lowest BCUT2D eigenvalue weighted by Crippen LogP contribution is -2.30. The van der Waals surface area contributed by atoms with E-state index in [2.05, 4.69) is 13.8 Å². The van der Waals surface area contributed by atoms with Gasteiger partial charge >= 0.3 is 0 Å². The summed E-state index contributed by atoms with van der Waals surface area (Å²) in [4.78, 5) is 0. The highest BCUT2D eigenvalue weighted by Gasteiger charge is 2.48. The molecular weight excluding hydrogens is 136 g/mol. The Morgan fingerprint density at radius 2 is 2.27 bits per heavy atom. The molecule has 2 unspecified atom stereocenters. The van der Waals surface area contributed by atoms with Gasteiger partial charge in [0, 0.05) is 5.41 Å². The van der Waals surface area contributed by atoms with Crippen LogP contribution in [0.2, 0.25) is 0 Å². The lowest BCUT2D eigenvalue weighted by atomic mass is 9.72. The van der Waals surface area contributed by atoms with E-state index in [1.807, 2.05) is 0 Å². The van der Waals surface area contributed by atoms with Gasteiger partial charge in [0.1, 0.15) is 0 Å². The fourth-order valence-electron chi connectivity index (χ4n) is 2.93. The fourth-order valence-corrected chi connectivity index (χ4v) is 2.93. The van der Waals surface area contributed by atoms with Crippen LogP contribution in [0.4, 0.5) is 0 Å². The molecule has 2 rings (SSSR count). The van der Waals surface area contributed by atoms with Gasteiger partial charge in [-0.1, -0.05) is 20.3 Å². The summed E-state index contributed by atoms with van der Waals surface area (Å²) >= 11 is 0. The molecule has 2 atom stereocenters. The second-order valence-electron chi connectivity index (χ2n) is 4.49. The quantitative estimate of drug-likeness (QED) is 0.563. The third-order valence-electron chi connectivity index (χ3n) is 3.85. The summed E-state index contributed by atoms with van der Waals surface area (Å²) in [7, 11) is 0. The summed E-state index contributed by atoms with van der Waals surface area (Å²) < 4.78 is 5.58. The van der Waals surface area contributed by atoms with E-state index in [1.54, 1.807) is 0 Å². The van der Waals surface area contributed by atoms with Gasteiger partial charge in [0.25, 0.3) is 0 Å². The minimum atomic E-state index is 0.583. The van der Waals surface area contributed by atoms with Crippen molar-refractivity contribution in [3.63, 3.8) is 0 Å². The van der Waals surface area contributed by atoms with E-state index in [0.29, 0.717) is 5.41 Å². The molecular formula is C10H18O. The minimum absolute atomic E-state index is 0.583. The van der Waals surface area contributed by atoms with Crippen LogP contribution in [0.15, 0.2) is 0 Å². The van der Waals surface area contributed by atoms with Gasteiger partial charge in [-0.25, -0.2) is 0 Å². The zero-order valence-corrected chi connectivity index (χ0v) is 7.60. The van der Waals surface area contributed by atoms with Gasteiger partial charge in [-0.2, -0.15) is 0 Å². The SMILES string of the molecule is CC(C)C12CCCC1COC2. The van der Waals surface area contributed by atoms with Crippen LogP contribution in [-0.4, -0.2) is 13.2 Å². The van der Waals surface area contributed by atoms with Crippen molar-refractivity contribution in [3.8, 4) is 0 Å². The lowest BCUT2D eigenvalue weighted by Gasteiger charge is -2.31. The first-order valence-corrected chi connectivity index (χ1v) is 4.83. The Balaban J connectivity index is 2.20. The second-order valence-corrected chi connectivity index (χ2v) is 4.49. The molecule has 11 heavy (non-hydrogen) atoms. The van der Waals surface area contributed by atoms with Gasteiger partial charge in [-0.3, -0.25) is 0 Å². The predicted octanol–water partition coefficient (Wildman–Crippen LogP) is 2.46. The molecule has 1 aliphatic carbocycles. The largest absolute Gasteiger partial charge is 0.381 e. The van der Waals surface area contributed by atoms with Crippen molar-refractivity contribution in [2.45, 2.75) is 33.1 Å². The molecule has 0 radical (unpaired) electrons. The third kappa shape index (κ3) is 0.936. The topological polar surface area (TPSA) is 9.23 Å². The molecule has 1 saturated heterocycles. The maximum absolute atomic E-state index is 5.58. The molecule has 2 aliphatic rings. The lowest BCUT2D eigenvalue weighted by molar-refractivity contribution is 0.115. The van der Waals surface area contributed by atoms with Crippen LogP contribution in [-0.2, 0) is 4.74 Å². The van der Waals surface area contributed by atoms with Gasteiger partial charge in [-0.05, 0) is 24.7 Å². The monoisotopic (exact) mass is 154 g/mol. The van der Waals surface area contributed by atoms with E-state index in [-0.39, 0.29) is 0 Å². The zero-order valence-electron chi connectivity index (χ0n) is 7.60. The highest BCUT2D eigenvalue weighted by atomic mass is 16.5. The van der Waals surface area contributed by atoms with E-state index < -0.39 is 0 Å².